The molecule has 6 aliphatic heterocycles. The Labute approximate surface area is 409 Å². The number of Topliss-reactive ketones (excluding diaryl/α,β-unsaturated/α-hetero) is 1. The van der Waals surface area contributed by atoms with Gasteiger partial charge >= 0.3 is 11.8 Å². The van der Waals surface area contributed by atoms with Gasteiger partial charge in [-0.05, 0) is 45.9 Å². The highest BCUT2D eigenvalue weighted by atomic mass is 16.7. The number of carbonyl (C=O) groups is 4. The van der Waals surface area contributed by atoms with Gasteiger partial charge in [-0.3, -0.25) is 24.2 Å². The Hall–Kier alpha value is -5.40. The van der Waals surface area contributed by atoms with Gasteiger partial charge in [-0.2, -0.15) is 0 Å². The summed E-state index contributed by atoms with van der Waals surface area (Å²) in [5.74, 6) is -6.99. The zero-order valence-electron chi connectivity index (χ0n) is 42.3. The van der Waals surface area contributed by atoms with Gasteiger partial charge in [-0.25, -0.2) is 4.99 Å². The molecule has 8 rings (SSSR count). The lowest BCUT2D eigenvalue weighted by Gasteiger charge is -2.38. The lowest BCUT2D eigenvalue weighted by Crippen LogP contribution is -2.47. The molecule has 2 fully saturated rings. The summed E-state index contributed by atoms with van der Waals surface area (Å²) >= 11 is 0. The number of benzene rings is 2. The fourth-order valence-electron chi connectivity index (χ4n) is 10.3. The van der Waals surface area contributed by atoms with Crippen LogP contribution in [-0.2, 0) is 28.6 Å². The Morgan fingerprint density at radius 2 is 1.66 bits per heavy atom. The number of methoxy groups -OCH3 is 1. The van der Waals surface area contributed by atoms with Crippen molar-refractivity contribution in [2.75, 3.05) is 65.3 Å². The Balaban J connectivity index is 1.30. The number of anilines is 1. The number of aromatic hydroxyl groups is 2. The molecule has 0 aliphatic carbocycles. The summed E-state index contributed by atoms with van der Waals surface area (Å²) in [6.07, 6.45) is 4.78. The predicted octanol–water partition coefficient (Wildman–Crippen LogP) is 4.04. The molecule has 2 amide bonds. The monoisotopic (exact) mass is 973 g/mol. The van der Waals surface area contributed by atoms with Crippen molar-refractivity contribution in [1.29, 1.82) is 0 Å². The normalized spacial score (nSPS) is 30.7. The van der Waals surface area contributed by atoms with Crippen LogP contribution in [0.1, 0.15) is 96.5 Å². The molecule has 0 saturated carbocycles. The molecule has 382 valence electrons. The number of aliphatic hydroxyl groups excluding tert-OH is 2. The molecule has 6 heterocycles. The number of nitrogens with zero attached hydrogens (tertiary/aromatic N) is 5. The van der Waals surface area contributed by atoms with E-state index in [0.717, 1.165) is 19.5 Å². The minimum absolute atomic E-state index is 0.0201. The number of phenols is 2. The van der Waals surface area contributed by atoms with E-state index in [0.29, 0.717) is 57.2 Å². The average molecular weight is 973 g/mol. The highest BCUT2D eigenvalue weighted by Gasteiger charge is 2.50. The smallest absolute Gasteiger partial charge is 0.315 e. The van der Waals surface area contributed by atoms with Crippen LogP contribution in [0.25, 0.3) is 10.8 Å². The third kappa shape index (κ3) is 10.6. The number of ether oxygens (including phenoxy) is 4. The molecule has 2 saturated heterocycles. The van der Waals surface area contributed by atoms with Crippen molar-refractivity contribution in [3.8, 4) is 17.2 Å². The molecular formula is C52H72N6O12. The van der Waals surface area contributed by atoms with Crippen molar-refractivity contribution in [2.24, 2.45) is 33.7 Å². The van der Waals surface area contributed by atoms with Crippen molar-refractivity contribution >= 4 is 40.0 Å². The van der Waals surface area contributed by atoms with Crippen LogP contribution in [0.2, 0.25) is 0 Å². The van der Waals surface area contributed by atoms with Gasteiger partial charge in [0.05, 0.1) is 41.2 Å². The van der Waals surface area contributed by atoms with Crippen molar-refractivity contribution in [1.82, 2.24) is 14.7 Å². The van der Waals surface area contributed by atoms with E-state index in [1.807, 2.05) is 7.05 Å². The van der Waals surface area contributed by atoms with Crippen molar-refractivity contribution in [3.05, 3.63) is 58.0 Å². The number of hydrogen-bond acceptors (Lipinski definition) is 16. The molecule has 0 radical (unpaired) electrons. The number of allylic oxidation sites excluding steroid dienone is 2. The Bertz CT molecular complexity index is 2590. The van der Waals surface area contributed by atoms with Gasteiger partial charge in [0.25, 0.3) is 11.7 Å². The van der Waals surface area contributed by atoms with E-state index in [4.69, 9.17) is 23.9 Å². The number of carbonyl (C=O) groups excluding carboxylic acids is 4. The summed E-state index contributed by atoms with van der Waals surface area (Å²) in [6, 6.07) is 0. The van der Waals surface area contributed by atoms with Gasteiger partial charge in [-0.15, -0.1) is 0 Å². The van der Waals surface area contributed by atoms with Gasteiger partial charge in [0.15, 0.2) is 5.75 Å². The molecule has 70 heavy (non-hydrogen) atoms. The summed E-state index contributed by atoms with van der Waals surface area (Å²) in [4.78, 5) is 71.5. The minimum Gasteiger partial charge on any atom is -0.507 e. The molecule has 2 aromatic rings. The number of phenolic OH excluding ortho intramolecular Hbond substituents is 2. The molecule has 1 unspecified atom stereocenters. The van der Waals surface area contributed by atoms with Gasteiger partial charge in [0.1, 0.15) is 40.4 Å². The summed E-state index contributed by atoms with van der Waals surface area (Å²) in [5, 5.41) is 51.1. The quantitative estimate of drug-likeness (QED) is 0.156. The predicted molar refractivity (Wildman–Crippen MR) is 261 cm³/mol. The minimum atomic E-state index is -2.00. The van der Waals surface area contributed by atoms with E-state index < -0.39 is 83.4 Å². The highest BCUT2D eigenvalue weighted by Crippen LogP contribution is 2.51. The Kier molecular flexibility index (Phi) is 15.8. The van der Waals surface area contributed by atoms with Crippen molar-refractivity contribution in [3.63, 3.8) is 0 Å². The topological polar surface area (TPSA) is 233 Å². The zero-order chi connectivity index (χ0) is 51.0. The van der Waals surface area contributed by atoms with Crippen molar-refractivity contribution < 1.29 is 58.6 Å². The maximum atomic E-state index is 14.9. The number of likely N-dealkylation sites (tertiary alicyclic amines) is 1. The number of aliphatic hydroxyl groups is 2. The first-order valence-corrected chi connectivity index (χ1v) is 24.6. The van der Waals surface area contributed by atoms with E-state index in [-0.39, 0.29) is 62.0 Å². The van der Waals surface area contributed by atoms with E-state index in [2.05, 4.69) is 34.0 Å². The molecule has 8 atom stereocenters. The number of fused-ring (bicyclic) bond motifs is 13. The average Bonchev–Trinajstić information content (AvgIpc) is 3.71. The number of esters is 1. The molecule has 5 bridgehead atoms. The number of hydrogen-bond donors (Lipinski definition) is 5. The number of amides is 2. The maximum Gasteiger partial charge on any atom is 0.315 e. The van der Waals surface area contributed by atoms with E-state index in [1.165, 1.54) is 32.4 Å². The first-order chi connectivity index (χ1) is 33.1. The van der Waals surface area contributed by atoms with Gasteiger partial charge in [0.2, 0.25) is 5.91 Å². The Morgan fingerprint density at radius 1 is 0.943 bits per heavy atom. The zero-order valence-corrected chi connectivity index (χ0v) is 42.3. The van der Waals surface area contributed by atoms with Crippen LogP contribution in [0.4, 0.5) is 5.69 Å². The van der Waals surface area contributed by atoms with E-state index >= 15 is 0 Å². The lowest BCUT2D eigenvalue weighted by molar-refractivity contribution is -0.160. The van der Waals surface area contributed by atoms with E-state index in [9.17, 15) is 39.6 Å². The molecule has 6 aliphatic rings. The van der Waals surface area contributed by atoms with Crippen LogP contribution in [0.5, 0.6) is 17.2 Å². The number of rotatable bonds is 6. The van der Waals surface area contributed by atoms with Crippen LogP contribution in [0.15, 0.2) is 46.1 Å². The lowest BCUT2D eigenvalue weighted by atomic mass is 9.81. The molecule has 0 aromatic heterocycles. The van der Waals surface area contributed by atoms with Crippen LogP contribution >= 0.6 is 0 Å². The summed E-state index contributed by atoms with van der Waals surface area (Å²) in [6.45, 7) is 18.8. The van der Waals surface area contributed by atoms with Crippen LogP contribution in [0, 0.1) is 30.6 Å². The number of ketones is 1. The van der Waals surface area contributed by atoms with E-state index in [1.54, 1.807) is 51.7 Å². The second kappa shape index (κ2) is 21.1. The maximum absolute atomic E-state index is 14.9. The molecular weight excluding hydrogens is 901 g/mol. The summed E-state index contributed by atoms with van der Waals surface area (Å²) < 4.78 is 24.3. The van der Waals surface area contributed by atoms with Crippen LogP contribution < -0.4 is 20.8 Å². The fraction of sp³-hybridized carbons (Fsp3) is 0.615. The number of likely N-dealkylation sites (N-methyl/N-ethyl adjacent to an activating group) is 1. The summed E-state index contributed by atoms with van der Waals surface area (Å²) in [7, 11) is 3.42. The highest BCUT2D eigenvalue weighted by molar-refractivity contribution is 6.21. The van der Waals surface area contributed by atoms with Crippen LogP contribution in [0.3, 0.4) is 0 Å². The standard InChI is InChI=1S/C52H72N6O12/c1-28(2)27-57-20-16-52(17-21-57)54-41-38-39-46(63)33(7)48-40(38)49(65)51(8,70-48)68-24-15-34(67-10)25-35(69-37(60)26-36(59)58-19-12-18-56(9)22-23-58)31(5)45(62)32(6)44(61)29(3)13-11-14-30(4)50(66)53-43(47(39)64)42(41)55-52/h11,13-15,24,28-29,31-32,34-35,44-45,54,61-64H,12,16-23,25-27H2,1-10H3/b13-11+,24-15+,30-14-,53-43?/t29?,31-,32+,34-,35+,44-,45-,51-/m0/s1. The van der Waals surface area contributed by atoms with Gasteiger partial charge in [-0.1, -0.05) is 52.8 Å². The molecule has 1 spiro atoms. The molecule has 2 aromatic carbocycles. The molecule has 5 N–H and O–H groups in total. The first kappa shape index (κ1) is 52.4. The molecule has 18 nitrogen and oxygen atoms in total. The number of nitrogens with one attached hydrogen (secondary N) is 1. The third-order valence-electron chi connectivity index (χ3n) is 14.8. The summed E-state index contributed by atoms with van der Waals surface area (Å²) in [5.41, 5.74) is -0.215. The van der Waals surface area contributed by atoms with Gasteiger partial charge in [0, 0.05) is 107 Å². The number of piperidine rings is 1. The fourth-order valence-corrected chi connectivity index (χ4v) is 10.3. The first-order valence-electron chi connectivity index (χ1n) is 24.6. The van der Waals surface area contributed by atoms with Gasteiger partial charge < -0.3 is 59.4 Å². The Morgan fingerprint density at radius 3 is 2.34 bits per heavy atom. The molecule has 18 heteroatoms. The third-order valence-corrected chi connectivity index (χ3v) is 14.8. The van der Waals surface area contributed by atoms with Crippen molar-refractivity contribution in [2.45, 2.75) is 123 Å². The SMILES string of the molecule is CO[C@H]1/C=C/O[C@@]2(C)Oc3c(C)c(O)c4c(O)c(c5c(c4c3C2=O)NC2(CCN(CC(C)C)CC2)N=5)=NC(=O)/C(C)=C\C=C\C(C)[C@H](O)[C@@H](C)[C@@H](O)[C@@H](C)[C@H](OC(=O)CC(=O)N2CCCN(C)CC2)C1. The van der Waals surface area contributed by atoms with Crippen LogP contribution in [-0.4, -0.2) is 155 Å². The largest absolute Gasteiger partial charge is 0.507 e. The second-order valence-electron chi connectivity index (χ2n) is 20.6. The second-order valence-corrected chi connectivity index (χ2v) is 20.6.